The molecule has 1 amide bonds. The standard InChI is InChI=1S/C33H46N4O4/c1-4-16-35-21-23-37(26(3)25-35)32(29-9-6-10-30(38)24-29)27-12-14-28(15-13-27)33(40)36-19-8-18-34(20-22-36)17-7-11-31(39)41-5-2/h4,6,9-10,12-15,24,26,32,38H,1,5,7-8,11,16-23,25H2,2-3H3. The fourth-order valence-corrected chi connectivity index (χ4v) is 6.12. The van der Waals surface area contributed by atoms with E-state index in [0.717, 1.165) is 76.3 Å². The number of piperazine rings is 1. The number of carbonyl (C=O) groups excluding carboxylic acids is 2. The summed E-state index contributed by atoms with van der Waals surface area (Å²) in [6.45, 7) is 16.1. The average molecular weight is 563 g/mol. The molecule has 2 aromatic rings. The highest BCUT2D eigenvalue weighted by molar-refractivity contribution is 5.94. The minimum absolute atomic E-state index is 0.0199. The van der Waals surface area contributed by atoms with Crippen LogP contribution in [0.5, 0.6) is 5.75 Å². The minimum atomic E-state index is -0.140. The maximum Gasteiger partial charge on any atom is 0.305 e. The molecule has 2 aliphatic heterocycles. The van der Waals surface area contributed by atoms with Crippen molar-refractivity contribution < 1.29 is 19.4 Å². The molecule has 2 heterocycles. The Bertz CT molecular complexity index is 1150. The van der Waals surface area contributed by atoms with Crippen LogP contribution in [0.1, 0.15) is 60.6 Å². The molecule has 2 aromatic carbocycles. The lowest BCUT2D eigenvalue weighted by atomic mass is 9.93. The van der Waals surface area contributed by atoms with Crippen LogP contribution < -0.4 is 0 Å². The highest BCUT2D eigenvalue weighted by atomic mass is 16.5. The zero-order chi connectivity index (χ0) is 29.2. The summed E-state index contributed by atoms with van der Waals surface area (Å²) in [5, 5.41) is 10.3. The number of carbonyl (C=O) groups is 2. The molecular formula is C33H46N4O4. The summed E-state index contributed by atoms with van der Waals surface area (Å²) in [5.41, 5.74) is 2.85. The van der Waals surface area contributed by atoms with E-state index < -0.39 is 0 Å². The van der Waals surface area contributed by atoms with Crippen molar-refractivity contribution in [2.24, 2.45) is 0 Å². The maximum atomic E-state index is 13.5. The lowest BCUT2D eigenvalue weighted by Gasteiger charge is -2.44. The van der Waals surface area contributed by atoms with Gasteiger partial charge in [0.25, 0.3) is 5.91 Å². The Kier molecular flexibility index (Phi) is 11.4. The fourth-order valence-electron chi connectivity index (χ4n) is 6.12. The van der Waals surface area contributed by atoms with E-state index in [0.29, 0.717) is 31.2 Å². The van der Waals surface area contributed by atoms with E-state index >= 15 is 0 Å². The Morgan fingerprint density at radius 1 is 1.02 bits per heavy atom. The van der Waals surface area contributed by atoms with Crippen LogP contribution in [0.15, 0.2) is 61.2 Å². The molecule has 2 saturated heterocycles. The Labute approximate surface area is 245 Å². The van der Waals surface area contributed by atoms with Crippen LogP contribution in [-0.4, -0.2) is 108 Å². The van der Waals surface area contributed by atoms with Crippen molar-refractivity contribution in [3.05, 3.63) is 77.9 Å². The van der Waals surface area contributed by atoms with E-state index in [4.69, 9.17) is 4.74 Å². The number of aromatic hydroxyl groups is 1. The molecule has 0 aliphatic carbocycles. The van der Waals surface area contributed by atoms with Crippen LogP contribution in [0.2, 0.25) is 0 Å². The van der Waals surface area contributed by atoms with Crippen LogP contribution in [-0.2, 0) is 9.53 Å². The minimum Gasteiger partial charge on any atom is -0.508 e. The van der Waals surface area contributed by atoms with Crippen LogP contribution in [0.25, 0.3) is 0 Å². The first-order chi connectivity index (χ1) is 19.9. The van der Waals surface area contributed by atoms with Crippen LogP contribution >= 0.6 is 0 Å². The molecule has 2 atom stereocenters. The normalized spacial score (nSPS) is 19.9. The number of ether oxygens (including phenoxy) is 1. The SMILES string of the molecule is C=CCN1CCN(C(c2ccc(C(=O)N3CCCN(CCCC(=O)OCC)CC3)cc2)c2cccc(O)c2)C(C)C1. The number of esters is 1. The van der Waals surface area contributed by atoms with Crippen molar-refractivity contribution >= 4 is 11.9 Å². The Morgan fingerprint density at radius 3 is 2.51 bits per heavy atom. The largest absolute Gasteiger partial charge is 0.508 e. The van der Waals surface area contributed by atoms with Crippen molar-refractivity contribution in [3.8, 4) is 5.75 Å². The number of phenolic OH excluding ortho intramolecular Hbond substituents is 1. The second kappa shape index (κ2) is 15.1. The first-order valence-electron chi connectivity index (χ1n) is 15.0. The topological polar surface area (TPSA) is 76.6 Å². The monoisotopic (exact) mass is 562 g/mol. The third-order valence-electron chi connectivity index (χ3n) is 8.18. The zero-order valence-electron chi connectivity index (χ0n) is 24.7. The second-order valence-corrected chi connectivity index (χ2v) is 11.2. The first-order valence-corrected chi connectivity index (χ1v) is 15.0. The van der Waals surface area contributed by atoms with Crippen molar-refractivity contribution in [2.75, 3.05) is 65.5 Å². The zero-order valence-corrected chi connectivity index (χ0v) is 24.7. The Hall–Kier alpha value is -3.20. The summed E-state index contributed by atoms with van der Waals surface area (Å²) < 4.78 is 5.03. The summed E-state index contributed by atoms with van der Waals surface area (Å²) in [6, 6.07) is 15.9. The summed E-state index contributed by atoms with van der Waals surface area (Å²) in [7, 11) is 0. The summed E-state index contributed by atoms with van der Waals surface area (Å²) >= 11 is 0. The van der Waals surface area contributed by atoms with E-state index in [1.165, 1.54) is 0 Å². The molecule has 2 fully saturated rings. The predicted molar refractivity (Wildman–Crippen MR) is 162 cm³/mol. The van der Waals surface area contributed by atoms with Gasteiger partial charge in [-0.1, -0.05) is 30.3 Å². The lowest BCUT2D eigenvalue weighted by molar-refractivity contribution is -0.143. The Morgan fingerprint density at radius 2 is 1.80 bits per heavy atom. The van der Waals surface area contributed by atoms with E-state index in [1.54, 1.807) is 6.07 Å². The third-order valence-corrected chi connectivity index (χ3v) is 8.18. The first kappa shape index (κ1) is 30.8. The summed E-state index contributed by atoms with van der Waals surface area (Å²) in [5.74, 6) is 0.178. The fraction of sp³-hybridized carbons (Fsp3) is 0.515. The highest BCUT2D eigenvalue weighted by Crippen LogP contribution is 2.33. The van der Waals surface area contributed by atoms with Crippen molar-refractivity contribution in [2.45, 2.75) is 45.2 Å². The van der Waals surface area contributed by atoms with E-state index in [2.05, 4.69) is 46.4 Å². The molecule has 2 aliphatic rings. The van der Waals surface area contributed by atoms with Crippen molar-refractivity contribution in [3.63, 3.8) is 0 Å². The number of amides is 1. The van der Waals surface area contributed by atoms with Crippen LogP contribution in [0, 0.1) is 0 Å². The number of hydrogen-bond acceptors (Lipinski definition) is 7. The molecule has 0 spiro atoms. The number of nitrogens with zero attached hydrogens (tertiary/aromatic N) is 4. The van der Waals surface area contributed by atoms with Crippen molar-refractivity contribution in [1.82, 2.24) is 19.6 Å². The molecule has 222 valence electrons. The number of benzene rings is 2. The lowest BCUT2D eigenvalue weighted by Crippen LogP contribution is -2.53. The number of rotatable bonds is 11. The van der Waals surface area contributed by atoms with Gasteiger partial charge in [-0.3, -0.25) is 19.4 Å². The van der Waals surface area contributed by atoms with E-state index in [-0.39, 0.29) is 23.7 Å². The third kappa shape index (κ3) is 8.41. The molecule has 41 heavy (non-hydrogen) atoms. The van der Waals surface area contributed by atoms with Gasteiger partial charge in [-0.2, -0.15) is 0 Å². The molecule has 1 N–H and O–H groups in total. The quantitative estimate of drug-likeness (QED) is 0.326. The molecule has 2 unspecified atom stereocenters. The van der Waals surface area contributed by atoms with Gasteiger partial charge in [-0.25, -0.2) is 0 Å². The van der Waals surface area contributed by atoms with Crippen LogP contribution in [0.3, 0.4) is 0 Å². The van der Waals surface area contributed by atoms with Gasteiger partial charge in [0, 0.05) is 63.8 Å². The smallest absolute Gasteiger partial charge is 0.305 e. The van der Waals surface area contributed by atoms with Gasteiger partial charge in [0.1, 0.15) is 5.75 Å². The molecule has 4 rings (SSSR count). The van der Waals surface area contributed by atoms with Gasteiger partial charge in [0.05, 0.1) is 12.6 Å². The highest BCUT2D eigenvalue weighted by Gasteiger charge is 2.31. The summed E-state index contributed by atoms with van der Waals surface area (Å²) in [6.07, 6.45) is 4.08. The molecule has 0 aromatic heterocycles. The molecular weight excluding hydrogens is 516 g/mol. The van der Waals surface area contributed by atoms with E-state index in [9.17, 15) is 14.7 Å². The Balaban J connectivity index is 1.42. The molecule has 0 saturated carbocycles. The van der Waals surface area contributed by atoms with Gasteiger partial charge in [0.2, 0.25) is 0 Å². The van der Waals surface area contributed by atoms with Crippen LogP contribution in [0.4, 0.5) is 0 Å². The predicted octanol–water partition coefficient (Wildman–Crippen LogP) is 4.16. The van der Waals surface area contributed by atoms with Gasteiger partial charge in [-0.15, -0.1) is 6.58 Å². The van der Waals surface area contributed by atoms with Gasteiger partial charge < -0.3 is 19.6 Å². The number of hydrogen-bond donors (Lipinski definition) is 1. The van der Waals surface area contributed by atoms with Gasteiger partial charge in [0.15, 0.2) is 0 Å². The number of phenols is 1. The summed E-state index contributed by atoms with van der Waals surface area (Å²) in [4.78, 5) is 34.3. The van der Waals surface area contributed by atoms with E-state index in [1.807, 2.05) is 42.2 Å². The maximum absolute atomic E-state index is 13.5. The molecule has 0 bridgehead atoms. The van der Waals surface area contributed by atoms with Crippen molar-refractivity contribution in [1.29, 1.82) is 0 Å². The van der Waals surface area contributed by atoms with Gasteiger partial charge in [-0.05, 0) is 75.2 Å². The second-order valence-electron chi connectivity index (χ2n) is 11.2. The van der Waals surface area contributed by atoms with Gasteiger partial charge >= 0.3 is 5.97 Å². The molecule has 8 nitrogen and oxygen atoms in total. The average Bonchev–Trinajstić information content (AvgIpc) is 3.20. The molecule has 8 heteroatoms. The molecule has 0 radical (unpaired) electrons.